The van der Waals surface area contributed by atoms with E-state index in [1.165, 1.54) is 16.9 Å². The van der Waals surface area contributed by atoms with Crippen LogP contribution in [0.3, 0.4) is 0 Å². The van der Waals surface area contributed by atoms with E-state index < -0.39 is 0 Å². The predicted octanol–water partition coefficient (Wildman–Crippen LogP) is 3.54. The number of anilines is 1. The monoisotopic (exact) mass is 240 g/mol. The van der Waals surface area contributed by atoms with Gasteiger partial charge in [-0.25, -0.2) is 0 Å². The normalized spacial score (nSPS) is 24.1. The van der Waals surface area contributed by atoms with Gasteiger partial charge in [0.25, 0.3) is 0 Å². The number of rotatable bonds is 2. The van der Waals surface area contributed by atoms with Crippen molar-refractivity contribution in [2.75, 3.05) is 5.32 Å². The molecule has 0 radical (unpaired) electrons. The highest BCUT2D eigenvalue weighted by molar-refractivity contribution is 5.61. The zero-order valence-corrected chi connectivity index (χ0v) is 11.0. The molecule has 1 aliphatic heterocycles. The van der Waals surface area contributed by atoms with Crippen LogP contribution in [-0.4, -0.2) is 6.17 Å². The Hall–Kier alpha value is -1.70. The molecule has 18 heavy (non-hydrogen) atoms. The molecule has 1 aliphatic carbocycles. The Balaban J connectivity index is 1.84. The van der Waals surface area contributed by atoms with Crippen molar-refractivity contribution in [3.63, 3.8) is 0 Å². The second-order valence-electron chi connectivity index (χ2n) is 5.63. The average molecular weight is 240 g/mol. The SMILES string of the molecule is CC1(C)c2ccccc2NC1NC1=CCCC=C1. The standard InChI is InChI=1S/C16H20N2/c1-16(2)13-10-6-7-11-14(13)18-15(16)17-12-8-4-3-5-9-12/h4,6-11,15,17-18H,3,5H2,1-2H3. The Morgan fingerprint density at radius 2 is 2.06 bits per heavy atom. The van der Waals surface area contributed by atoms with Crippen LogP contribution in [0.25, 0.3) is 0 Å². The molecule has 94 valence electrons. The quantitative estimate of drug-likeness (QED) is 0.826. The van der Waals surface area contributed by atoms with E-state index in [9.17, 15) is 0 Å². The lowest BCUT2D eigenvalue weighted by Crippen LogP contribution is -2.44. The van der Waals surface area contributed by atoms with E-state index >= 15 is 0 Å². The zero-order chi connectivity index (χ0) is 12.6. The van der Waals surface area contributed by atoms with Crippen molar-refractivity contribution < 1.29 is 0 Å². The fourth-order valence-corrected chi connectivity index (χ4v) is 2.77. The van der Waals surface area contributed by atoms with Crippen molar-refractivity contribution in [1.29, 1.82) is 0 Å². The largest absolute Gasteiger partial charge is 0.365 e. The Labute approximate surface area is 109 Å². The van der Waals surface area contributed by atoms with Crippen LogP contribution in [0.4, 0.5) is 5.69 Å². The van der Waals surface area contributed by atoms with Gasteiger partial charge in [-0.3, -0.25) is 0 Å². The lowest BCUT2D eigenvalue weighted by molar-refractivity contribution is 0.421. The molecular formula is C16H20N2. The van der Waals surface area contributed by atoms with Crippen molar-refractivity contribution in [2.45, 2.75) is 38.3 Å². The van der Waals surface area contributed by atoms with E-state index in [-0.39, 0.29) is 11.6 Å². The van der Waals surface area contributed by atoms with Crippen LogP contribution in [-0.2, 0) is 5.41 Å². The van der Waals surface area contributed by atoms with E-state index in [4.69, 9.17) is 0 Å². The first kappa shape index (κ1) is 11.4. The smallest absolute Gasteiger partial charge is 0.106 e. The minimum atomic E-state index is 0.0999. The van der Waals surface area contributed by atoms with Gasteiger partial charge in [0.2, 0.25) is 0 Å². The molecule has 0 aromatic heterocycles. The highest BCUT2D eigenvalue weighted by Gasteiger charge is 2.39. The summed E-state index contributed by atoms with van der Waals surface area (Å²) >= 11 is 0. The van der Waals surface area contributed by atoms with E-state index in [2.05, 4.69) is 67.0 Å². The van der Waals surface area contributed by atoms with Crippen LogP contribution in [0.15, 0.2) is 48.2 Å². The summed E-state index contributed by atoms with van der Waals surface area (Å²) in [5, 5.41) is 7.20. The fourth-order valence-electron chi connectivity index (χ4n) is 2.77. The van der Waals surface area contributed by atoms with Gasteiger partial charge in [-0.2, -0.15) is 0 Å². The van der Waals surface area contributed by atoms with Crippen LogP contribution in [0, 0.1) is 0 Å². The molecule has 3 rings (SSSR count). The minimum absolute atomic E-state index is 0.0999. The van der Waals surface area contributed by atoms with Gasteiger partial charge in [0.05, 0.1) is 0 Å². The third-order valence-corrected chi connectivity index (χ3v) is 3.95. The number of nitrogens with one attached hydrogen (secondary N) is 2. The molecule has 2 nitrogen and oxygen atoms in total. The van der Waals surface area contributed by atoms with Crippen molar-refractivity contribution >= 4 is 5.69 Å². The third kappa shape index (κ3) is 1.82. The number of fused-ring (bicyclic) bond motifs is 1. The summed E-state index contributed by atoms with van der Waals surface area (Å²) in [5.74, 6) is 0. The topological polar surface area (TPSA) is 24.1 Å². The van der Waals surface area contributed by atoms with Gasteiger partial charge in [0, 0.05) is 16.8 Å². The average Bonchev–Trinajstić information content (AvgIpc) is 2.63. The van der Waals surface area contributed by atoms with E-state index in [1.807, 2.05) is 0 Å². The van der Waals surface area contributed by atoms with Gasteiger partial charge in [-0.1, -0.05) is 44.2 Å². The van der Waals surface area contributed by atoms with Gasteiger partial charge in [0.1, 0.15) is 6.17 Å². The van der Waals surface area contributed by atoms with Crippen LogP contribution in [0.5, 0.6) is 0 Å². The van der Waals surface area contributed by atoms with Gasteiger partial charge in [0.15, 0.2) is 0 Å². The van der Waals surface area contributed by atoms with Crippen LogP contribution in [0.2, 0.25) is 0 Å². The number of hydrogen-bond acceptors (Lipinski definition) is 2. The molecule has 2 aliphatic rings. The van der Waals surface area contributed by atoms with Gasteiger partial charge in [-0.15, -0.1) is 0 Å². The maximum absolute atomic E-state index is 3.62. The Kier molecular flexibility index (Phi) is 2.66. The van der Waals surface area contributed by atoms with E-state index in [0.29, 0.717) is 0 Å². The lowest BCUT2D eigenvalue weighted by atomic mass is 9.84. The molecule has 0 saturated heterocycles. The molecule has 1 aromatic carbocycles. The third-order valence-electron chi connectivity index (χ3n) is 3.95. The van der Waals surface area contributed by atoms with Crippen LogP contribution < -0.4 is 10.6 Å². The van der Waals surface area contributed by atoms with Gasteiger partial charge < -0.3 is 10.6 Å². The molecule has 0 amide bonds. The maximum atomic E-state index is 3.62. The summed E-state index contributed by atoms with van der Waals surface area (Å²) in [7, 11) is 0. The second-order valence-corrected chi connectivity index (χ2v) is 5.63. The molecule has 0 bridgehead atoms. The zero-order valence-electron chi connectivity index (χ0n) is 11.0. The van der Waals surface area contributed by atoms with Crippen molar-refractivity contribution in [2.24, 2.45) is 0 Å². The summed E-state index contributed by atoms with van der Waals surface area (Å²) in [6.07, 6.45) is 9.25. The summed E-state index contributed by atoms with van der Waals surface area (Å²) in [4.78, 5) is 0. The fraction of sp³-hybridized carbons (Fsp3) is 0.375. The summed E-state index contributed by atoms with van der Waals surface area (Å²) in [6, 6.07) is 8.58. The van der Waals surface area contributed by atoms with E-state index in [0.717, 1.165) is 12.8 Å². The maximum Gasteiger partial charge on any atom is 0.106 e. The molecular weight excluding hydrogens is 220 g/mol. The molecule has 0 fully saturated rings. The first-order valence-electron chi connectivity index (χ1n) is 6.67. The Bertz CT molecular complexity index is 512. The number of allylic oxidation sites excluding steroid dienone is 3. The molecule has 1 heterocycles. The number of hydrogen-bond donors (Lipinski definition) is 2. The van der Waals surface area contributed by atoms with Crippen LogP contribution >= 0.6 is 0 Å². The highest BCUT2D eigenvalue weighted by atomic mass is 15.2. The summed E-state index contributed by atoms with van der Waals surface area (Å²) in [6.45, 7) is 4.58. The van der Waals surface area contributed by atoms with Crippen molar-refractivity contribution in [3.8, 4) is 0 Å². The first-order chi connectivity index (χ1) is 8.68. The lowest BCUT2D eigenvalue weighted by Gasteiger charge is -2.30. The predicted molar refractivity (Wildman–Crippen MR) is 76.5 cm³/mol. The van der Waals surface area contributed by atoms with Gasteiger partial charge >= 0.3 is 0 Å². The molecule has 1 atom stereocenters. The molecule has 0 saturated carbocycles. The Morgan fingerprint density at radius 3 is 2.78 bits per heavy atom. The highest BCUT2D eigenvalue weighted by Crippen LogP contribution is 2.39. The minimum Gasteiger partial charge on any atom is -0.365 e. The summed E-state index contributed by atoms with van der Waals surface area (Å²) in [5.41, 5.74) is 3.98. The van der Waals surface area contributed by atoms with E-state index in [1.54, 1.807) is 0 Å². The number of para-hydroxylation sites is 1. The van der Waals surface area contributed by atoms with Crippen LogP contribution in [0.1, 0.15) is 32.3 Å². The molecule has 1 aromatic rings. The van der Waals surface area contributed by atoms with Crippen molar-refractivity contribution in [1.82, 2.24) is 5.32 Å². The van der Waals surface area contributed by atoms with Gasteiger partial charge in [-0.05, 0) is 30.5 Å². The first-order valence-corrected chi connectivity index (χ1v) is 6.67. The van der Waals surface area contributed by atoms with Crippen molar-refractivity contribution in [3.05, 3.63) is 53.8 Å². The number of benzene rings is 1. The summed E-state index contributed by atoms with van der Waals surface area (Å²) < 4.78 is 0. The Morgan fingerprint density at radius 1 is 1.22 bits per heavy atom. The molecule has 2 heteroatoms. The molecule has 1 unspecified atom stereocenters. The molecule has 2 N–H and O–H groups in total. The molecule has 0 spiro atoms. The second kappa shape index (κ2) is 4.20.